The molecule has 122 valence electrons. The lowest BCUT2D eigenvalue weighted by Crippen LogP contribution is -2.34. The Balaban J connectivity index is 1.77. The van der Waals surface area contributed by atoms with Gasteiger partial charge in [0.15, 0.2) is 5.13 Å². The van der Waals surface area contributed by atoms with Crippen LogP contribution in [-0.4, -0.2) is 15.9 Å². The first-order valence-electron chi connectivity index (χ1n) is 7.40. The van der Waals surface area contributed by atoms with Crippen molar-refractivity contribution in [3.05, 3.63) is 64.2 Å². The van der Waals surface area contributed by atoms with Gasteiger partial charge in [0.05, 0.1) is 11.1 Å². The van der Waals surface area contributed by atoms with Crippen LogP contribution in [0.1, 0.15) is 19.4 Å². The molecule has 0 spiro atoms. The van der Waals surface area contributed by atoms with Gasteiger partial charge in [0.2, 0.25) is 5.91 Å². The first-order valence-corrected chi connectivity index (χ1v) is 9.07. The number of halogens is 1. The SMILES string of the molecule is CC(C)(C(=O)Nc1nc(-c2cccnc2)cs1)c1ccc(Br)cc1. The number of aromatic nitrogens is 2. The highest BCUT2D eigenvalue weighted by Gasteiger charge is 2.30. The summed E-state index contributed by atoms with van der Waals surface area (Å²) in [5, 5.41) is 5.42. The van der Waals surface area contributed by atoms with Gasteiger partial charge in [-0.15, -0.1) is 11.3 Å². The minimum Gasteiger partial charge on any atom is -0.301 e. The minimum atomic E-state index is -0.652. The predicted molar refractivity (Wildman–Crippen MR) is 101 cm³/mol. The van der Waals surface area contributed by atoms with Crippen LogP contribution in [0.2, 0.25) is 0 Å². The number of carbonyl (C=O) groups excluding carboxylic acids is 1. The van der Waals surface area contributed by atoms with E-state index in [0.717, 1.165) is 21.3 Å². The zero-order chi connectivity index (χ0) is 17.2. The van der Waals surface area contributed by atoms with Crippen LogP contribution in [0.4, 0.5) is 5.13 Å². The molecule has 3 aromatic rings. The first kappa shape index (κ1) is 16.8. The van der Waals surface area contributed by atoms with Crippen LogP contribution in [-0.2, 0) is 10.2 Å². The Bertz CT molecular complexity index is 844. The second-order valence-electron chi connectivity index (χ2n) is 5.87. The quantitative estimate of drug-likeness (QED) is 0.677. The van der Waals surface area contributed by atoms with Crippen LogP contribution in [0.5, 0.6) is 0 Å². The summed E-state index contributed by atoms with van der Waals surface area (Å²) in [5.74, 6) is -0.0862. The van der Waals surface area contributed by atoms with Crippen molar-refractivity contribution in [1.29, 1.82) is 0 Å². The maximum Gasteiger partial charge on any atom is 0.236 e. The van der Waals surface area contributed by atoms with Gasteiger partial charge in [0.1, 0.15) is 0 Å². The van der Waals surface area contributed by atoms with Gasteiger partial charge in [-0.2, -0.15) is 0 Å². The number of hydrogen-bond donors (Lipinski definition) is 1. The summed E-state index contributed by atoms with van der Waals surface area (Å²) in [5.41, 5.74) is 2.04. The number of carbonyl (C=O) groups is 1. The van der Waals surface area contributed by atoms with Crippen molar-refractivity contribution >= 4 is 38.3 Å². The lowest BCUT2D eigenvalue weighted by atomic mass is 9.84. The molecule has 1 N–H and O–H groups in total. The van der Waals surface area contributed by atoms with Crippen molar-refractivity contribution in [2.75, 3.05) is 5.32 Å². The summed E-state index contributed by atoms with van der Waals surface area (Å²) in [7, 11) is 0. The van der Waals surface area contributed by atoms with E-state index in [1.807, 2.05) is 55.6 Å². The maximum atomic E-state index is 12.7. The number of amides is 1. The normalized spacial score (nSPS) is 11.3. The number of anilines is 1. The summed E-state index contributed by atoms with van der Waals surface area (Å²) in [4.78, 5) is 21.3. The van der Waals surface area contributed by atoms with E-state index in [0.29, 0.717) is 5.13 Å². The fourth-order valence-electron chi connectivity index (χ4n) is 2.23. The Labute approximate surface area is 153 Å². The Hall–Kier alpha value is -2.05. The predicted octanol–water partition coefficient (Wildman–Crippen LogP) is 4.88. The van der Waals surface area contributed by atoms with E-state index in [9.17, 15) is 4.79 Å². The second-order valence-corrected chi connectivity index (χ2v) is 7.64. The van der Waals surface area contributed by atoms with Crippen molar-refractivity contribution in [1.82, 2.24) is 9.97 Å². The largest absolute Gasteiger partial charge is 0.301 e. The Morgan fingerprint density at radius 3 is 2.62 bits per heavy atom. The number of rotatable bonds is 4. The van der Waals surface area contributed by atoms with Gasteiger partial charge in [0.25, 0.3) is 0 Å². The summed E-state index contributed by atoms with van der Waals surface area (Å²) >= 11 is 4.82. The summed E-state index contributed by atoms with van der Waals surface area (Å²) in [6, 6.07) is 11.6. The van der Waals surface area contributed by atoms with Crippen molar-refractivity contribution in [3.8, 4) is 11.3 Å². The highest BCUT2D eigenvalue weighted by molar-refractivity contribution is 9.10. The van der Waals surface area contributed by atoms with E-state index >= 15 is 0 Å². The summed E-state index contributed by atoms with van der Waals surface area (Å²) in [6.07, 6.45) is 3.48. The molecule has 0 atom stereocenters. The lowest BCUT2D eigenvalue weighted by Gasteiger charge is -2.23. The van der Waals surface area contributed by atoms with Crippen LogP contribution < -0.4 is 5.32 Å². The van der Waals surface area contributed by atoms with Crippen molar-refractivity contribution < 1.29 is 4.79 Å². The highest BCUT2D eigenvalue weighted by Crippen LogP contribution is 2.29. The average molecular weight is 402 g/mol. The molecule has 6 heteroatoms. The standard InChI is InChI=1S/C18H16BrN3OS/c1-18(2,13-5-7-14(19)8-6-13)16(23)22-17-21-15(11-24-17)12-4-3-9-20-10-12/h3-11H,1-2H3,(H,21,22,23). The number of hydrogen-bond acceptors (Lipinski definition) is 4. The van der Waals surface area contributed by atoms with Gasteiger partial charge in [-0.25, -0.2) is 4.98 Å². The molecule has 1 aromatic carbocycles. The molecule has 0 aliphatic heterocycles. The molecule has 0 bridgehead atoms. The molecular formula is C18H16BrN3OS. The summed E-state index contributed by atoms with van der Waals surface area (Å²) in [6.45, 7) is 3.81. The third kappa shape index (κ3) is 3.55. The fraction of sp³-hybridized carbons (Fsp3) is 0.167. The third-order valence-corrected chi connectivity index (χ3v) is 5.10. The molecule has 24 heavy (non-hydrogen) atoms. The van der Waals surface area contributed by atoms with Gasteiger partial charge in [-0.05, 0) is 43.7 Å². The monoisotopic (exact) mass is 401 g/mol. The number of thiazole rings is 1. The smallest absolute Gasteiger partial charge is 0.236 e. The van der Waals surface area contributed by atoms with Gasteiger partial charge >= 0.3 is 0 Å². The highest BCUT2D eigenvalue weighted by atomic mass is 79.9. The molecule has 0 radical (unpaired) electrons. The van der Waals surface area contributed by atoms with E-state index in [2.05, 4.69) is 31.2 Å². The average Bonchev–Trinajstić information content (AvgIpc) is 3.04. The Morgan fingerprint density at radius 2 is 1.96 bits per heavy atom. The molecular weight excluding hydrogens is 386 g/mol. The topological polar surface area (TPSA) is 54.9 Å². The maximum absolute atomic E-state index is 12.7. The molecule has 0 aliphatic carbocycles. The molecule has 0 saturated heterocycles. The minimum absolute atomic E-state index is 0.0862. The van der Waals surface area contributed by atoms with Crippen molar-refractivity contribution in [2.45, 2.75) is 19.3 Å². The first-order chi connectivity index (χ1) is 11.5. The van der Waals surface area contributed by atoms with Gasteiger partial charge < -0.3 is 5.32 Å². The van der Waals surface area contributed by atoms with Crippen LogP contribution in [0.15, 0.2) is 58.6 Å². The molecule has 0 saturated carbocycles. The van der Waals surface area contributed by atoms with Gasteiger partial charge in [-0.3, -0.25) is 9.78 Å². The molecule has 4 nitrogen and oxygen atoms in total. The van der Waals surface area contributed by atoms with E-state index in [-0.39, 0.29) is 5.91 Å². The number of benzene rings is 1. The third-order valence-electron chi connectivity index (χ3n) is 3.82. The molecule has 2 heterocycles. The molecule has 3 rings (SSSR count). The summed E-state index contributed by atoms with van der Waals surface area (Å²) < 4.78 is 0.989. The number of nitrogens with zero attached hydrogens (tertiary/aromatic N) is 2. The van der Waals surface area contributed by atoms with E-state index < -0.39 is 5.41 Å². The van der Waals surface area contributed by atoms with Gasteiger partial charge in [-0.1, -0.05) is 28.1 Å². The second kappa shape index (κ2) is 6.83. The zero-order valence-corrected chi connectivity index (χ0v) is 15.7. The van der Waals surface area contributed by atoms with Crippen LogP contribution >= 0.6 is 27.3 Å². The van der Waals surface area contributed by atoms with Crippen molar-refractivity contribution in [2.24, 2.45) is 0 Å². The van der Waals surface area contributed by atoms with E-state index in [4.69, 9.17) is 0 Å². The zero-order valence-electron chi connectivity index (χ0n) is 13.3. The van der Waals surface area contributed by atoms with Crippen LogP contribution in [0.3, 0.4) is 0 Å². The molecule has 0 unspecified atom stereocenters. The Morgan fingerprint density at radius 1 is 1.21 bits per heavy atom. The molecule has 0 fully saturated rings. The Kier molecular flexibility index (Phi) is 4.78. The van der Waals surface area contributed by atoms with E-state index in [1.165, 1.54) is 11.3 Å². The lowest BCUT2D eigenvalue weighted by molar-refractivity contribution is -0.120. The van der Waals surface area contributed by atoms with E-state index in [1.54, 1.807) is 12.4 Å². The van der Waals surface area contributed by atoms with Crippen LogP contribution in [0.25, 0.3) is 11.3 Å². The van der Waals surface area contributed by atoms with Crippen molar-refractivity contribution in [3.63, 3.8) is 0 Å². The molecule has 1 amide bonds. The molecule has 2 aromatic heterocycles. The number of nitrogens with one attached hydrogen (secondary N) is 1. The number of pyridine rings is 1. The molecule has 0 aliphatic rings. The van der Waals surface area contributed by atoms with Crippen LogP contribution in [0, 0.1) is 0 Å². The fourth-order valence-corrected chi connectivity index (χ4v) is 3.21. The van der Waals surface area contributed by atoms with Gasteiger partial charge in [0, 0.05) is 27.8 Å².